The summed E-state index contributed by atoms with van der Waals surface area (Å²) in [5.41, 5.74) is 0. The van der Waals surface area contributed by atoms with Gasteiger partial charge >= 0.3 is 0 Å². The monoisotopic (exact) mass is 358 g/mol. The molecule has 0 spiro atoms. The van der Waals surface area contributed by atoms with E-state index in [0.717, 1.165) is 41.4 Å². The van der Waals surface area contributed by atoms with Crippen molar-refractivity contribution in [3.8, 4) is 0 Å². The van der Waals surface area contributed by atoms with Crippen molar-refractivity contribution in [3.63, 3.8) is 0 Å². The van der Waals surface area contributed by atoms with Crippen LogP contribution in [-0.2, 0) is 0 Å². The first kappa shape index (κ1) is 19.3. The molecule has 0 aromatic carbocycles. The Labute approximate surface area is 164 Å². The molecule has 4 rings (SSSR count). The van der Waals surface area contributed by atoms with Crippen LogP contribution in [0.3, 0.4) is 0 Å². The van der Waals surface area contributed by atoms with Crippen LogP contribution in [0, 0.1) is 65.1 Å². The van der Waals surface area contributed by atoms with Crippen molar-refractivity contribution >= 4 is 0 Å². The zero-order valence-corrected chi connectivity index (χ0v) is 18.4. The molecule has 0 heteroatoms. The Bertz CT molecular complexity index is 425. The molecule has 4 aliphatic rings. The molecule has 4 saturated carbocycles. The highest BCUT2D eigenvalue weighted by Gasteiger charge is 2.67. The summed E-state index contributed by atoms with van der Waals surface area (Å²) >= 11 is 0. The van der Waals surface area contributed by atoms with E-state index in [0.29, 0.717) is 0 Å². The van der Waals surface area contributed by atoms with Crippen molar-refractivity contribution in [1.82, 2.24) is 0 Å². The molecule has 4 fully saturated rings. The number of rotatable bonds is 0. The third-order valence-electron chi connectivity index (χ3n) is 9.56. The molecule has 0 amide bonds. The molecular weight excluding hydrogens is 312 g/mol. The average molecular weight is 359 g/mol. The molecule has 150 valence electrons. The first-order chi connectivity index (χ1) is 12.4. The van der Waals surface area contributed by atoms with Crippen LogP contribution in [0.1, 0.15) is 98.8 Å². The van der Waals surface area contributed by atoms with Gasteiger partial charge in [-0.2, -0.15) is 0 Å². The van der Waals surface area contributed by atoms with Gasteiger partial charge in [-0.15, -0.1) is 0 Å². The van der Waals surface area contributed by atoms with Gasteiger partial charge in [-0.05, 0) is 116 Å². The van der Waals surface area contributed by atoms with E-state index < -0.39 is 0 Å². The number of hydrogen-bond acceptors (Lipinski definition) is 0. The molecule has 0 aromatic rings. The topological polar surface area (TPSA) is 0 Å². The van der Waals surface area contributed by atoms with Crippen LogP contribution in [0.15, 0.2) is 0 Å². The van der Waals surface area contributed by atoms with E-state index in [1.165, 1.54) is 62.2 Å². The van der Waals surface area contributed by atoms with Crippen LogP contribution in [0.2, 0.25) is 0 Å². The van der Waals surface area contributed by atoms with Gasteiger partial charge in [0.15, 0.2) is 0 Å². The van der Waals surface area contributed by atoms with E-state index in [1.54, 1.807) is 25.7 Å². The average Bonchev–Trinajstić information content (AvgIpc) is 2.51. The maximum Gasteiger partial charge on any atom is -0.0318 e. The largest absolute Gasteiger partial charge is 0.0625 e. The van der Waals surface area contributed by atoms with Crippen LogP contribution >= 0.6 is 0 Å². The highest BCUT2D eigenvalue weighted by molar-refractivity contribution is 5.15. The molecule has 0 saturated heterocycles. The van der Waals surface area contributed by atoms with Gasteiger partial charge in [-0.3, -0.25) is 0 Å². The predicted octanol–water partition coefficient (Wildman–Crippen LogP) is 7.82. The summed E-state index contributed by atoms with van der Waals surface area (Å²) < 4.78 is 0. The minimum atomic E-state index is 0.923. The van der Waals surface area contributed by atoms with Gasteiger partial charge < -0.3 is 0 Å². The minimum Gasteiger partial charge on any atom is -0.0625 e. The third-order valence-corrected chi connectivity index (χ3v) is 9.56. The second kappa shape index (κ2) is 7.79. The molecule has 0 bridgehead atoms. The first-order valence-corrected chi connectivity index (χ1v) is 12.4. The summed E-state index contributed by atoms with van der Waals surface area (Å²) in [5.74, 6) is 11.7. The molecule has 0 radical (unpaired) electrons. The van der Waals surface area contributed by atoms with Gasteiger partial charge in [0.2, 0.25) is 0 Å². The summed E-state index contributed by atoms with van der Waals surface area (Å²) in [6.07, 6.45) is 15.2. The lowest BCUT2D eigenvalue weighted by Crippen LogP contribution is -2.68. The smallest absolute Gasteiger partial charge is 0.0318 e. The van der Waals surface area contributed by atoms with Crippen molar-refractivity contribution < 1.29 is 0 Å². The second-order valence-electron chi connectivity index (χ2n) is 12.0. The fourth-order valence-corrected chi connectivity index (χ4v) is 8.60. The van der Waals surface area contributed by atoms with Crippen molar-refractivity contribution in [2.24, 2.45) is 65.1 Å². The lowest BCUT2D eigenvalue weighted by molar-refractivity contribution is -0.254. The predicted molar refractivity (Wildman–Crippen MR) is 113 cm³/mol. The lowest BCUT2D eigenvalue weighted by atomic mass is 9.31. The highest BCUT2D eigenvalue weighted by atomic mass is 14.7. The first-order valence-electron chi connectivity index (χ1n) is 12.4. The van der Waals surface area contributed by atoms with Gasteiger partial charge in [-0.25, -0.2) is 0 Å². The molecule has 0 nitrogen and oxygen atoms in total. The molecule has 0 N–H and O–H groups in total. The molecule has 10 atom stereocenters. The summed E-state index contributed by atoms with van der Waals surface area (Å²) in [7, 11) is 0. The van der Waals surface area contributed by atoms with Crippen LogP contribution in [0.5, 0.6) is 0 Å². The van der Waals surface area contributed by atoms with Gasteiger partial charge in [0.25, 0.3) is 0 Å². The zero-order chi connectivity index (χ0) is 18.4. The van der Waals surface area contributed by atoms with Crippen LogP contribution in [0.4, 0.5) is 0 Å². The van der Waals surface area contributed by atoms with Crippen molar-refractivity contribution in [2.45, 2.75) is 98.8 Å². The highest BCUT2D eigenvalue weighted by Crippen LogP contribution is 2.73. The summed E-state index contributed by atoms with van der Waals surface area (Å²) in [6, 6.07) is 0. The van der Waals surface area contributed by atoms with E-state index in [-0.39, 0.29) is 0 Å². The van der Waals surface area contributed by atoms with E-state index in [9.17, 15) is 0 Å². The Kier molecular flexibility index (Phi) is 5.79. The van der Waals surface area contributed by atoms with Crippen molar-refractivity contribution in [2.75, 3.05) is 0 Å². The molecule has 10 unspecified atom stereocenters. The van der Waals surface area contributed by atoms with Crippen molar-refractivity contribution in [3.05, 3.63) is 0 Å². The van der Waals surface area contributed by atoms with Gasteiger partial charge in [0, 0.05) is 0 Å². The SMILES string of the molecule is CC1CCC2C(CCC(C)CC(C)CC(C)CC(C)C1)C1C3CCC3C21. The Morgan fingerprint density at radius 3 is 0.923 bits per heavy atom. The van der Waals surface area contributed by atoms with Gasteiger partial charge in [0.1, 0.15) is 0 Å². The van der Waals surface area contributed by atoms with E-state index in [2.05, 4.69) is 34.6 Å². The molecule has 26 heavy (non-hydrogen) atoms. The zero-order valence-electron chi connectivity index (χ0n) is 18.4. The van der Waals surface area contributed by atoms with Crippen LogP contribution in [-0.4, -0.2) is 0 Å². The molecule has 0 heterocycles. The lowest BCUT2D eigenvalue weighted by Gasteiger charge is -2.73. The number of fused-ring (bicyclic) bond motifs is 7. The van der Waals surface area contributed by atoms with Crippen LogP contribution in [0.25, 0.3) is 0 Å². The molecule has 0 aromatic heterocycles. The maximum absolute atomic E-state index is 2.56. The van der Waals surface area contributed by atoms with E-state index >= 15 is 0 Å². The Balaban J connectivity index is 1.40. The second-order valence-corrected chi connectivity index (χ2v) is 12.0. The molecular formula is C26H46. The molecule has 0 aliphatic heterocycles. The van der Waals surface area contributed by atoms with E-state index in [4.69, 9.17) is 0 Å². The Morgan fingerprint density at radius 1 is 0.346 bits per heavy atom. The number of hydrogen-bond donors (Lipinski definition) is 0. The summed E-state index contributed by atoms with van der Waals surface area (Å²) in [5, 5.41) is 0. The molecule has 4 aliphatic carbocycles. The Hall–Kier alpha value is 0. The third kappa shape index (κ3) is 3.65. The minimum absolute atomic E-state index is 0.923. The quantitative estimate of drug-likeness (QED) is 0.414. The summed E-state index contributed by atoms with van der Waals surface area (Å²) in [4.78, 5) is 0. The maximum atomic E-state index is 2.56. The fourth-order valence-electron chi connectivity index (χ4n) is 8.60. The normalized spacial score (nSPS) is 55.5. The van der Waals surface area contributed by atoms with E-state index in [1.807, 2.05) is 0 Å². The van der Waals surface area contributed by atoms with Gasteiger partial charge in [-0.1, -0.05) is 47.5 Å². The fraction of sp³-hybridized carbons (Fsp3) is 1.00. The van der Waals surface area contributed by atoms with Gasteiger partial charge in [0.05, 0.1) is 0 Å². The summed E-state index contributed by atoms with van der Waals surface area (Å²) in [6.45, 7) is 12.7. The Morgan fingerprint density at radius 2 is 0.615 bits per heavy atom. The standard InChI is InChI=1S/C26H46/c1-16-6-8-21-22(26-24-11-10-23(24)25(21)26)9-7-17(2)13-19(4)15-20(5)14-18(3)12-16/h16-26H,6-15H2,1-5H3. The van der Waals surface area contributed by atoms with Crippen LogP contribution < -0.4 is 0 Å². The van der Waals surface area contributed by atoms with Crippen molar-refractivity contribution in [1.29, 1.82) is 0 Å².